The summed E-state index contributed by atoms with van der Waals surface area (Å²) in [4.78, 5) is 3.96. The van der Waals surface area contributed by atoms with Crippen molar-refractivity contribution in [2.45, 2.75) is 30.2 Å². The minimum absolute atomic E-state index is 0.0626. The van der Waals surface area contributed by atoms with Crippen LogP contribution in [0.2, 0.25) is 0 Å². The number of aliphatic hydroxyl groups is 2. The summed E-state index contributed by atoms with van der Waals surface area (Å²) in [6.07, 6.45) is 5.09. The van der Waals surface area contributed by atoms with Crippen LogP contribution in [0.15, 0.2) is 23.4 Å². The maximum Gasteiger partial charge on any atom is 0.244 e. The zero-order valence-electron chi connectivity index (χ0n) is 11.6. The van der Waals surface area contributed by atoms with E-state index in [1.165, 1.54) is 22.8 Å². The number of hydrogen-bond donors (Lipinski definition) is 2. The number of hydrogen-bond acceptors (Lipinski definition) is 5. The average Bonchev–Trinajstić information content (AvgIpc) is 2.53. The average molecular weight is 310 g/mol. The molecule has 1 aliphatic heterocycles. The van der Waals surface area contributed by atoms with Gasteiger partial charge in [0.15, 0.2) is 0 Å². The van der Waals surface area contributed by atoms with E-state index in [1.807, 2.05) is 0 Å². The van der Waals surface area contributed by atoms with Crippen molar-refractivity contribution in [2.75, 3.05) is 19.8 Å². The highest BCUT2D eigenvalue weighted by Gasteiger charge is 2.33. The third-order valence-corrected chi connectivity index (χ3v) is 5.33. The van der Waals surface area contributed by atoms with E-state index in [1.54, 1.807) is 0 Å². The van der Waals surface area contributed by atoms with E-state index < -0.39 is 10.0 Å². The molecular formula is C14H18N2O4S. The van der Waals surface area contributed by atoms with Gasteiger partial charge in [0.2, 0.25) is 10.0 Å². The van der Waals surface area contributed by atoms with Crippen molar-refractivity contribution in [1.29, 1.82) is 0 Å². The van der Waals surface area contributed by atoms with E-state index in [0.29, 0.717) is 18.5 Å². The van der Waals surface area contributed by atoms with Gasteiger partial charge in [0.1, 0.15) is 11.5 Å². The Morgan fingerprint density at radius 1 is 1.33 bits per heavy atom. The Bertz CT molecular complexity index is 648. The topological polar surface area (TPSA) is 90.7 Å². The first-order chi connectivity index (χ1) is 10.1. The highest BCUT2D eigenvalue weighted by molar-refractivity contribution is 7.89. The molecule has 21 heavy (non-hydrogen) atoms. The molecule has 1 aromatic rings. The fraction of sp³-hybridized carbons (Fsp3) is 0.500. The molecule has 0 bridgehead atoms. The van der Waals surface area contributed by atoms with E-state index in [4.69, 9.17) is 5.11 Å². The number of rotatable bonds is 3. The molecule has 0 radical (unpaired) electrons. The van der Waals surface area contributed by atoms with Crippen LogP contribution in [-0.2, 0) is 10.0 Å². The quantitative estimate of drug-likeness (QED) is 0.765. The molecule has 1 saturated heterocycles. The Balaban J connectivity index is 2.34. The lowest BCUT2D eigenvalue weighted by atomic mass is 10.1. The molecule has 114 valence electrons. The second-order valence-electron chi connectivity index (χ2n) is 4.82. The van der Waals surface area contributed by atoms with Gasteiger partial charge in [-0.1, -0.05) is 18.3 Å². The van der Waals surface area contributed by atoms with Crippen LogP contribution in [0.3, 0.4) is 0 Å². The fourth-order valence-corrected chi connectivity index (χ4v) is 4.05. The highest BCUT2D eigenvalue weighted by atomic mass is 32.2. The molecule has 0 aromatic carbocycles. The second-order valence-corrected chi connectivity index (χ2v) is 6.71. The predicted molar refractivity (Wildman–Crippen MR) is 76.8 cm³/mol. The first kappa shape index (κ1) is 15.9. The normalized spacial score (nSPS) is 19.8. The summed E-state index contributed by atoms with van der Waals surface area (Å²) >= 11 is 0. The van der Waals surface area contributed by atoms with Gasteiger partial charge >= 0.3 is 0 Å². The van der Waals surface area contributed by atoms with E-state index in [-0.39, 0.29) is 24.2 Å². The van der Waals surface area contributed by atoms with Crippen molar-refractivity contribution in [2.24, 2.45) is 0 Å². The minimum Gasteiger partial charge on any atom is -0.395 e. The third-order valence-electron chi connectivity index (χ3n) is 3.42. The van der Waals surface area contributed by atoms with Crippen molar-refractivity contribution >= 4 is 10.0 Å². The molecule has 6 nitrogen and oxygen atoms in total. The molecule has 7 heteroatoms. The first-order valence-electron chi connectivity index (χ1n) is 6.77. The molecule has 1 unspecified atom stereocenters. The molecule has 0 saturated carbocycles. The molecule has 2 heterocycles. The minimum atomic E-state index is -3.69. The van der Waals surface area contributed by atoms with Crippen molar-refractivity contribution in [3.63, 3.8) is 0 Å². The number of nitrogens with zero attached hydrogens (tertiary/aromatic N) is 2. The van der Waals surface area contributed by atoms with Crippen LogP contribution in [0.5, 0.6) is 0 Å². The van der Waals surface area contributed by atoms with E-state index in [2.05, 4.69) is 16.8 Å². The van der Waals surface area contributed by atoms with Gasteiger partial charge in [0.05, 0.1) is 6.61 Å². The molecule has 1 aromatic heterocycles. The van der Waals surface area contributed by atoms with Gasteiger partial charge in [0.25, 0.3) is 0 Å². The zero-order valence-corrected chi connectivity index (χ0v) is 12.4. The standard InChI is InChI=1S/C14H18N2O4S/c17-7-3-4-12-8-14(10-15-9-12)21(19,20)16-6-2-1-5-13(16)11-18/h8-10,13,17-18H,1-2,5-7,11H2. The molecule has 0 amide bonds. The maximum atomic E-state index is 12.7. The Morgan fingerprint density at radius 2 is 2.14 bits per heavy atom. The highest BCUT2D eigenvalue weighted by Crippen LogP contribution is 2.25. The van der Waals surface area contributed by atoms with Gasteiger partial charge in [-0.15, -0.1) is 0 Å². The lowest BCUT2D eigenvalue weighted by Crippen LogP contribution is -2.45. The molecule has 2 rings (SSSR count). The summed E-state index contributed by atoms with van der Waals surface area (Å²) in [5, 5.41) is 18.0. The summed E-state index contributed by atoms with van der Waals surface area (Å²) in [6, 6.07) is 1.06. The van der Waals surface area contributed by atoms with Gasteiger partial charge in [0, 0.05) is 30.5 Å². The third kappa shape index (κ3) is 3.60. The molecule has 2 N–H and O–H groups in total. The molecule has 1 aliphatic rings. The predicted octanol–water partition coefficient (Wildman–Crippen LogP) is -0.0391. The number of sulfonamides is 1. The van der Waals surface area contributed by atoms with E-state index in [9.17, 15) is 13.5 Å². The molecular weight excluding hydrogens is 292 g/mol. The number of piperidine rings is 1. The van der Waals surface area contributed by atoms with E-state index in [0.717, 1.165) is 12.8 Å². The largest absolute Gasteiger partial charge is 0.395 e. The Kier molecular flexibility index (Phi) is 5.31. The van der Waals surface area contributed by atoms with Gasteiger partial charge in [-0.25, -0.2) is 8.42 Å². The lowest BCUT2D eigenvalue weighted by molar-refractivity contribution is 0.155. The van der Waals surface area contributed by atoms with Gasteiger partial charge in [-0.2, -0.15) is 4.31 Å². The summed E-state index contributed by atoms with van der Waals surface area (Å²) < 4.78 is 26.7. The summed E-state index contributed by atoms with van der Waals surface area (Å²) in [5.74, 6) is 5.10. The lowest BCUT2D eigenvalue weighted by Gasteiger charge is -2.33. The first-order valence-corrected chi connectivity index (χ1v) is 8.21. The number of pyridine rings is 1. The summed E-state index contributed by atoms with van der Waals surface area (Å²) in [6.45, 7) is -0.0769. The summed E-state index contributed by atoms with van der Waals surface area (Å²) in [7, 11) is -3.69. The maximum absolute atomic E-state index is 12.7. The number of aliphatic hydroxyl groups excluding tert-OH is 2. The van der Waals surface area contributed by atoms with Crippen LogP contribution in [-0.4, -0.2) is 53.7 Å². The molecule has 0 aliphatic carbocycles. The van der Waals surface area contributed by atoms with Crippen molar-refractivity contribution in [3.05, 3.63) is 24.0 Å². The van der Waals surface area contributed by atoms with Crippen molar-refractivity contribution in [3.8, 4) is 11.8 Å². The molecule has 0 spiro atoms. The van der Waals surface area contributed by atoms with Crippen LogP contribution in [0.25, 0.3) is 0 Å². The van der Waals surface area contributed by atoms with Crippen LogP contribution in [0.4, 0.5) is 0 Å². The SMILES string of the molecule is O=S(=O)(c1cncc(C#CCO)c1)N1CCCCC1CO. The van der Waals surface area contributed by atoms with Crippen molar-refractivity contribution in [1.82, 2.24) is 9.29 Å². The monoisotopic (exact) mass is 310 g/mol. The fourth-order valence-electron chi connectivity index (χ4n) is 2.38. The summed E-state index contributed by atoms with van der Waals surface area (Å²) in [5.41, 5.74) is 0.433. The smallest absolute Gasteiger partial charge is 0.244 e. The van der Waals surface area contributed by atoms with Gasteiger partial charge in [-0.05, 0) is 18.9 Å². The van der Waals surface area contributed by atoms with E-state index >= 15 is 0 Å². The molecule has 1 fully saturated rings. The Hall–Kier alpha value is -1.46. The van der Waals surface area contributed by atoms with Crippen molar-refractivity contribution < 1.29 is 18.6 Å². The number of aromatic nitrogens is 1. The van der Waals surface area contributed by atoms with Gasteiger partial charge in [-0.3, -0.25) is 4.98 Å². The van der Waals surface area contributed by atoms with Crippen LogP contribution in [0, 0.1) is 11.8 Å². The van der Waals surface area contributed by atoms with Crippen LogP contribution in [0.1, 0.15) is 24.8 Å². The van der Waals surface area contributed by atoms with Crippen LogP contribution >= 0.6 is 0 Å². The zero-order chi connectivity index (χ0) is 15.3. The Morgan fingerprint density at radius 3 is 2.86 bits per heavy atom. The Labute approximate surface area is 124 Å². The molecule has 1 atom stereocenters. The van der Waals surface area contributed by atoms with Crippen LogP contribution < -0.4 is 0 Å². The second kappa shape index (κ2) is 7.00. The van der Waals surface area contributed by atoms with Gasteiger partial charge < -0.3 is 10.2 Å².